The van der Waals surface area contributed by atoms with Gasteiger partial charge in [0.1, 0.15) is 0 Å². The molecule has 90 valence electrons. The molecule has 0 aromatic carbocycles. The van der Waals surface area contributed by atoms with Crippen molar-refractivity contribution in [3.8, 4) is 0 Å². The lowest BCUT2D eigenvalue weighted by Crippen LogP contribution is -2.43. The van der Waals surface area contributed by atoms with Crippen LogP contribution in [-0.4, -0.2) is 48.6 Å². The summed E-state index contributed by atoms with van der Waals surface area (Å²) in [6.45, 7) is 0. The Kier molecular flexibility index (Phi) is 3.72. The summed E-state index contributed by atoms with van der Waals surface area (Å²) < 4.78 is 34.2. The van der Waals surface area contributed by atoms with Gasteiger partial charge in [-0.25, -0.2) is 4.18 Å². The quantitative estimate of drug-likeness (QED) is 0.661. The third-order valence-electron chi connectivity index (χ3n) is 3.31. The summed E-state index contributed by atoms with van der Waals surface area (Å²) in [7, 11) is -2.22. The van der Waals surface area contributed by atoms with Crippen LogP contribution < -0.4 is 0 Å². The Labute approximate surface area is 89.5 Å². The van der Waals surface area contributed by atoms with Crippen molar-refractivity contribution in [2.45, 2.75) is 43.9 Å². The first-order chi connectivity index (χ1) is 6.46. The Morgan fingerprint density at radius 3 is 2.13 bits per heavy atom. The van der Waals surface area contributed by atoms with Gasteiger partial charge >= 0.3 is 10.4 Å². The molecule has 0 amide bonds. The van der Waals surface area contributed by atoms with E-state index in [9.17, 15) is 8.42 Å². The average Bonchev–Trinajstić information content (AvgIpc) is 2.32. The number of fused-ring (bicyclic) bond motifs is 2. The van der Waals surface area contributed by atoms with Crippen LogP contribution in [0, 0.1) is 0 Å². The fourth-order valence-corrected chi connectivity index (χ4v) is 3.11. The number of hydrogen-bond acceptors (Lipinski definition) is 4. The molecule has 2 fully saturated rings. The summed E-state index contributed by atoms with van der Waals surface area (Å²) in [4.78, 5) is 2.28. The Morgan fingerprint density at radius 1 is 1.27 bits per heavy atom. The zero-order valence-corrected chi connectivity index (χ0v) is 9.40. The Balaban J connectivity index is 0.00000112. The second-order valence-electron chi connectivity index (χ2n) is 4.17. The fourth-order valence-electron chi connectivity index (χ4n) is 2.61. The lowest BCUT2D eigenvalue weighted by atomic mass is 10.0. The molecule has 0 spiro atoms. The highest BCUT2D eigenvalue weighted by molar-refractivity contribution is 7.80. The molecule has 2 atom stereocenters. The molecule has 2 unspecified atom stereocenters. The number of hydrogen-bond donors (Lipinski definition) is 1. The van der Waals surface area contributed by atoms with E-state index in [1.165, 1.54) is 0 Å². The lowest BCUT2D eigenvalue weighted by molar-refractivity contribution is 0.0625. The first kappa shape index (κ1) is 12.9. The van der Waals surface area contributed by atoms with Gasteiger partial charge in [-0.05, 0) is 32.7 Å². The molecule has 6 nitrogen and oxygen atoms in total. The summed E-state index contributed by atoms with van der Waals surface area (Å²) in [6.07, 6.45) is 3.28. The van der Waals surface area contributed by atoms with E-state index < -0.39 is 10.4 Å². The summed E-state index contributed by atoms with van der Waals surface area (Å²) in [5.74, 6) is 0. The van der Waals surface area contributed by atoms with Crippen molar-refractivity contribution >= 4 is 10.4 Å². The van der Waals surface area contributed by atoms with Gasteiger partial charge in [0.2, 0.25) is 0 Å². The molecule has 2 bridgehead atoms. The van der Waals surface area contributed by atoms with E-state index in [-0.39, 0.29) is 11.6 Å². The average molecular weight is 239 g/mol. The van der Waals surface area contributed by atoms with Gasteiger partial charge in [0, 0.05) is 12.1 Å². The van der Waals surface area contributed by atoms with Crippen molar-refractivity contribution in [3.63, 3.8) is 0 Å². The Hall–Kier alpha value is -0.210. The van der Waals surface area contributed by atoms with E-state index in [4.69, 9.17) is 4.55 Å². The van der Waals surface area contributed by atoms with Crippen LogP contribution in [0.15, 0.2) is 0 Å². The monoisotopic (exact) mass is 239 g/mol. The van der Waals surface area contributed by atoms with Crippen LogP contribution in [0.2, 0.25) is 0 Å². The molecule has 0 aromatic rings. The van der Waals surface area contributed by atoms with Crippen molar-refractivity contribution in [3.05, 3.63) is 0 Å². The third-order valence-corrected chi connectivity index (χ3v) is 3.83. The first-order valence-electron chi connectivity index (χ1n) is 4.83. The highest BCUT2D eigenvalue weighted by Gasteiger charge is 2.40. The van der Waals surface area contributed by atoms with Gasteiger partial charge in [0.15, 0.2) is 0 Å². The largest absolute Gasteiger partial charge is 0.412 e. The molecule has 2 aliphatic rings. The minimum absolute atomic E-state index is 0. The highest BCUT2D eigenvalue weighted by atomic mass is 32.3. The van der Waals surface area contributed by atoms with E-state index in [1.807, 2.05) is 0 Å². The summed E-state index contributed by atoms with van der Waals surface area (Å²) >= 11 is 0. The Bertz CT molecular complexity index is 303. The molecule has 0 aromatic heterocycles. The van der Waals surface area contributed by atoms with Gasteiger partial charge in [0.25, 0.3) is 0 Å². The predicted octanol–water partition coefficient (Wildman–Crippen LogP) is -0.394. The standard InChI is InChI=1S/C8H15NO4S.H2O/c1-9-6-2-3-7(9)5-8(4-6)13-14(10,11)12;/h6-8H,2-5H2,1H3,(H,10,11,12);1H2. The van der Waals surface area contributed by atoms with Crippen molar-refractivity contribution in [1.82, 2.24) is 4.90 Å². The van der Waals surface area contributed by atoms with Gasteiger partial charge in [-0.1, -0.05) is 0 Å². The highest BCUT2D eigenvalue weighted by Crippen LogP contribution is 2.35. The van der Waals surface area contributed by atoms with E-state index in [2.05, 4.69) is 16.1 Å². The number of nitrogens with zero attached hydrogens (tertiary/aromatic N) is 1. The van der Waals surface area contributed by atoms with Crippen molar-refractivity contribution in [2.24, 2.45) is 0 Å². The van der Waals surface area contributed by atoms with Crippen molar-refractivity contribution < 1.29 is 22.6 Å². The van der Waals surface area contributed by atoms with Crippen LogP contribution in [0.4, 0.5) is 0 Å². The molecule has 2 aliphatic heterocycles. The van der Waals surface area contributed by atoms with Crippen LogP contribution in [0.1, 0.15) is 25.7 Å². The van der Waals surface area contributed by atoms with Crippen LogP contribution in [-0.2, 0) is 14.6 Å². The van der Waals surface area contributed by atoms with Gasteiger partial charge < -0.3 is 10.4 Å². The van der Waals surface area contributed by atoms with Crippen LogP contribution in [0.3, 0.4) is 0 Å². The van der Waals surface area contributed by atoms with Crippen molar-refractivity contribution in [1.29, 1.82) is 0 Å². The van der Waals surface area contributed by atoms with Gasteiger partial charge in [-0.2, -0.15) is 8.42 Å². The van der Waals surface area contributed by atoms with Crippen LogP contribution >= 0.6 is 0 Å². The zero-order valence-electron chi connectivity index (χ0n) is 8.59. The molecule has 0 aliphatic carbocycles. The zero-order chi connectivity index (χ0) is 10.3. The number of piperidine rings is 1. The predicted molar refractivity (Wildman–Crippen MR) is 53.8 cm³/mol. The molecule has 2 saturated heterocycles. The lowest BCUT2D eigenvalue weighted by Gasteiger charge is -2.35. The second-order valence-corrected chi connectivity index (χ2v) is 5.22. The maximum Gasteiger partial charge on any atom is 0.397 e. The minimum Gasteiger partial charge on any atom is -0.412 e. The summed E-state index contributed by atoms with van der Waals surface area (Å²) in [6, 6.07) is 0.834. The van der Waals surface area contributed by atoms with E-state index >= 15 is 0 Å². The second kappa shape index (κ2) is 4.34. The number of rotatable bonds is 2. The Morgan fingerprint density at radius 2 is 1.73 bits per heavy atom. The maximum absolute atomic E-state index is 10.5. The van der Waals surface area contributed by atoms with E-state index in [0.29, 0.717) is 24.9 Å². The maximum atomic E-state index is 10.5. The molecule has 3 N–H and O–H groups in total. The molecule has 0 radical (unpaired) electrons. The molecule has 2 rings (SSSR count). The summed E-state index contributed by atoms with van der Waals surface area (Å²) in [5, 5.41) is 0. The van der Waals surface area contributed by atoms with Gasteiger partial charge in [0.05, 0.1) is 6.10 Å². The normalized spacial score (nSPS) is 36.3. The molecule has 15 heavy (non-hydrogen) atoms. The molecule has 2 heterocycles. The molecule has 0 saturated carbocycles. The molecular formula is C8H17NO5S. The third kappa shape index (κ3) is 2.88. The SMILES string of the molecule is CN1C2CCC1CC(OS(=O)(=O)O)C2.O. The first-order valence-corrected chi connectivity index (χ1v) is 6.20. The smallest absolute Gasteiger partial charge is 0.397 e. The molecular weight excluding hydrogens is 222 g/mol. The van der Waals surface area contributed by atoms with Crippen molar-refractivity contribution in [2.75, 3.05) is 7.05 Å². The van der Waals surface area contributed by atoms with E-state index in [0.717, 1.165) is 12.8 Å². The van der Waals surface area contributed by atoms with Gasteiger partial charge in [-0.15, -0.1) is 0 Å². The summed E-state index contributed by atoms with van der Waals surface area (Å²) in [5.41, 5.74) is 0. The van der Waals surface area contributed by atoms with Gasteiger partial charge in [-0.3, -0.25) is 4.55 Å². The fraction of sp³-hybridized carbons (Fsp3) is 1.00. The minimum atomic E-state index is -4.28. The van der Waals surface area contributed by atoms with E-state index in [1.54, 1.807) is 0 Å². The van der Waals surface area contributed by atoms with Crippen LogP contribution in [0.5, 0.6) is 0 Å². The van der Waals surface area contributed by atoms with Crippen LogP contribution in [0.25, 0.3) is 0 Å². The molecule has 7 heteroatoms. The topological polar surface area (TPSA) is 98.3 Å².